The highest BCUT2D eigenvalue weighted by atomic mass is 35.5. The van der Waals surface area contributed by atoms with Gasteiger partial charge in [0.05, 0.1) is 0 Å². The molecule has 1 fully saturated rings. The summed E-state index contributed by atoms with van der Waals surface area (Å²) in [5.74, 6) is 0.597. The van der Waals surface area contributed by atoms with Gasteiger partial charge in [0.2, 0.25) is 0 Å². The molecule has 2 rings (SSSR count). The fourth-order valence-electron chi connectivity index (χ4n) is 2.53. The molecule has 0 amide bonds. The normalized spacial score (nSPS) is 20.9. The second-order valence-electron chi connectivity index (χ2n) is 4.97. The summed E-state index contributed by atoms with van der Waals surface area (Å²) in [6.45, 7) is 2.26. The molecule has 0 saturated carbocycles. The maximum atomic E-state index is 6.01. The maximum absolute atomic E-state index is 6.01. The van der Waals surface area contributed by atoms with Crippen molar-refractivity contribution in [2.45, 2.75) is 24.8 Å². The van der Waals surface area contributed by atoms with E-state index in [1.165, 1.54) is 24.1 Å². The Morgan fingerprint density at radius 1 is 1.35 bits per heavy atom. The second-order valence-corrected chi connectivity index (χ2v) is 5.24. The Morgan fingerprint density at radius 2 is 2.12 bits per heavy atom. The van der Waals surface area contributed by atoms with Crippen molar-refractivity contribution in [3.05, 3.63) is 29.8 Å². The van der Waals surface area contributed by atoms with Crippen LogP contribution >= 0.6 is 11.6 Å². The van der Waals surface area contributed by atoms with Gasteiger partial charge < -0.3 is 9.80 Å². The molecule has 1 unspecified atom stereocenters. The standard InChI is InChI=1S/C14H21ClN2/c1-16(2)13-7-5-9-17(11-13)14-8-4-3-6-12(14)10-15/h3-4,6,8,13H,5,7,9-11H2,1-2H3. The number of halogens is 1. The molecule has 2 nitrogen and oxygen atoms in total. The third-order valence-electron chi connectivity index (χ3n) is 3.60. The smallest absolute Gasteiger partial charge is 0.0494 e. The molecule has 17 heavy (non-hydrogen) atoms. The highest BCUT2D eigenvalue weighted by Gasteiger charge is 2.22. The number of rotatable bonds is 3. The van der Waals surface area contributed by atoms with Crippen molar-refractivity contribution >= 4 is 17.3 Å². The monoisotopic (exact) mass is 252 g/mol. The lowest BCUT2D eigenvalue weighted by atomic mass is 10.0. The third kappa shape index (κ3) is 2.93. The fraction of sp³-hybridized carbons (Fsp3) is 0.571. The van der Waals surface area contributed by atoms with Crippen LogP contribution in [-0.2, 0) is 5.88 Å². The summed E-state index contributed by atoms with van der Waals surface area (Å²) < 4.78 is 0. The number of hydrogen-bond acceptors (Lipinski definition) is 2. The third-order valence-corrected chi connectivity index (χ3v) is 3.89. The van der Waals surface area contributed by atoms with Crippen LogP contribution in [-0.4, -0.2) is 38.1 Å². The Hall–Kier alpha value is -0.730. The van der Waals surface area contributed by atoms with E-state index < -0.39 is 0 Å². The molecular formula is C14H21ClN2. The van der Waals surface area contributed by atoms with Gasteiger partial charge >= 0.3 is 0 Å². The molecule has 1 atom stereocenters. The summed E-state index contributed by atoms with van der Waals surface area (Å²) in [6.07, 6.45) is 2.56. The predicted octanol–water partition coefficient (Wildman–Crippen LogP) is 2.96. The SMILES string of the molecule is CN(C)C1CCCN(c2ccccc2CCl)C1. The van der Waals surface area contributed by atoms with Crippen molar-refractivity contribution in [3.8, 4) is 0 Å². The van der Waals surface area contributed by atoms with Crippen molar-refractivity contribution in [1.82, 2.24) is 4.90 Å². The van der Waals surface area contributed by atoms with Crippen LogP contribution in [0.25, 0.3) is 0 Å². The summed E-state index contributed by atoms with van der Waals surface area (Å²) in [7, 11) is 4.34. The van der Waals surface area contributed by atoms with Gasteiger partial charge in [0.15, 0.2) is 0 Å². The zero-order valence-electron chi connectivity index (χ0n) is 10.7. The van der Waals surface area contributed by atoms with E-state index in [4.69, 9.17) is 11.6 Å². The summed E-state index contributed by atoms with van der Waals surface area (Å²) >= 11 is 6.01. The number of nitrogens with zero attached hydrogens (tertiary/aromatic N) is 2. The average Bonchev–Trinajstić information content (AvgIpc) is 2.39. The molecule has 0 aliphatic carbocycles. The van der Waals surface area contributed by atoms with E-state index >= 15 is 0 Å². The number of para-hydroxylation sites is 1. The molecule has 0 spiro atoms. The molecule has 1 aromatic carbocycles. The largest absolute Gasteiger partial charge is 0.370 e. The first-order valence-corrected chi connectivity index (χ1v) is 6.81. The van der Waals surface area contributed by atoms with E-state index in [0.717, 1.165) is 13.1 Å². The van der Waals surface area contributed by atoms with Crippen LogP contribution in [0.5, 0.6) is 0 Å². The van der Waals surface area contributed by atoms with Crippen LogP contribution in [0.3, 0.4) is 0 Å². The minimum Gasteiger partial charge on any atom is -0.370 e. The predicted molar refractivity (Wildman–Crippen MR) is 74.9 cm³/mol. The van der Waals surface area contributed by atoms with Gasteiger partial charge in [-0.3, -0.25) is 0 Å². The number of benzene rings is 1. The van der Waals surface area contributed by atoms with Gasteiger partial charge in [0.1, 0.15) is 0 Å². The molecule has 1 aliphatic heterocycles. The lowest BCUT2D eigenvalue weighted by molar-refractivity contribution is 0.258. The molecule has 1 saturated heterocycles. The Labute approximate surface area is 109 Å². The molecule has 94 valence electrons. The maximum Gasteiger partial charge on any atom is 0.0494 e. The van der Waals surface area contributed by atoms with Crippen LogP contribution in [0.15, 0.2) is 24.3 Å². The molecule has 3 heteroatoms. The lowest BCUT2D eigenvalue weighted by Gasteiger charge is -2.38. The Bertz CT molecular complexity index is 365. The van der Waals surface area contributed by atoms with Crippen LogP contribution < -0.4 is 4.90 Å². The van der Waals surface area contributed by atoms with E-state index in [2.05, 4.69) is 48.2 Å². The summed E-state index contributed by atoms with van der Waals surface area (Å²) in [6, 6.07) is 9.14. The summed E-state index contributed by atoms with van der Waals surface area (Å²) in [4.78, 5) is 4.81. The van der Waals surface area contributed by atoms with Crippen LogP contribution in [0.2, 0.25) is 0 Å². The average molecular weight is 253 g/mol. The summed E-state index contributed by atoms with van der Waals surface area (Å²) in [5.41, 5.74) is 2.56. The van der Waals surface area contributed by atoms with E-state index in [1.807, 2.05) is 0 Å². The van der Waals surface area contributed by atoms with Gasteiger partial charge in [-0.25, -0.2) is 0 Å². The Balaban J connectivity index is 2.16. The van der Waals surface area contributed by atoms with Gasteiger partial charge in [-0.05, 0) is 38.6 Å². The van der Waals surface area contributed by atoms with E-state index in [9.17, 15) is 0 Å². The van der Waals surface area contributed by atoms with Gasteiger partial charge in [-0.15, -0.1) is 11.6 Å². The molecule has 0 N–H and O–H groups in total. The van der Waals surface area contributed by atoms with Crippen LogP contribution in [0.4, 0.5) is 5.69 Å². The highest BCUT2D eigenvalue weighted by molar-refractivity contribution is 6.17. The zero-order chi connectivity index (χ0) is 12.3. The highest BCUT2D eigenvalue weighted by Crippen LogP contribution is 2.26. The molecule has 1 aliphatic rings. The first kappa shape index (κ1) is 12.7. The number of alkyl halides is 1. The quantitative estimate of drug-likeness (QED) is 0.764. The topological polar surface area (TPSA) is 6.48 Å². The molecule has 1 heterocycles. The molecule has 1 aromatic rings. The first-order chi connectivity index (χ1) is 8.22. The number of piperidine rings is 1. The van der Waals surface area contributed by atoms with E-state index in [0.29, 0.717) is 11.9 Å². The van der Waals surface area contributed by atoms with Gasteiger partial charge in [-0.2, -0.15) is 0 Å². The summed E-state index contributed by atoms with van der Waals surface area (Å²) in [5, 5.41) is 0. The first-order valence-electron chi connectivity index (χ1n) is 6.27. The van der Waals surface area contributed by atoms with Crippen molar-refractivity contribution in [3.63, 3.8) is 0 Å². The van der Waals surface area contributed by atoms with Crippen molar-refractivity contribution in [2.24, 2.45) is 0 Å². The minimum absolute atomic E-state index is 0.597. The van der Waals surface area contributed by atoms with Gasteiger partial charge in [0, 0.05) is 30.7 Å². The minimum atomic E-state index is 0.597. The van der Waals surface area contributed by atoms with Gasteiger partial charge in [-0.1, -0.05) is 18.2 Å². The Kier molecular flexibility index (Phi) is 4.30. The molecule has 0 radical (unpaired) electrons. The Morgan fingerprint density at radius 3 is 2.82 bits per heavy atom. The number of likely N-dealkylation sites (N-methyl/N-ethyl adjacent to an activating group) is 1. The van der Waals surface area contributed by atoms with Crippen molar-refractivity contribution in [1.29, 1.82) is 0 Å². The van der Waals surface area contributed by atoms with E-state index in [1.54, 1.807) is 0 Å². The fourth-order valence-corrected chi connectivity index (χ4v) is 2.75. The molecule has 0 aromatic heterocycles. The zero-order valence-corrected chi connectivity index (χ0v) is 11.5. The lowest BCUT2D eigenvalue weighted by Crippen LogP contribution is -2.45. The second kappa shape index (κ2) is 5.74. The molecular weight excluding hydrogens is 232 g/mol. The number of hydrogen-bond donors (Lipinski definition) is 0. The molecule has 0 bridgehead atoms. The van der Waals surface area contributed by atoms with Gasteiger partial charge in [0.25, 0.3) is 0 Å². The van der Waals surface area contributed by atoms with Crippen molar-refractivity contribution < 1.29 is 0 Å². The number of anilines is 1. The van der Waals surface area contributed by atoms with Crippen molar-refractivity contribution in [2.75, 3.05) is 32.1 Å². The van der Waals surface area contributed by atoms with E-state index in [-0.39, 0.29) is 0 Å². The van der Waals surface area contributed by atoms with Crippen LogP contribution in [0, 0.1) is 0 Å². The van der Waals surface area contributed by atoms with Crippen LogP contribution in [0.1, 0.15) is 18.4 Å².